The summed E-state index contributed by atoms with van der Waals surface area (Å²) in [6.07, 6.45) is 0. The smallest absolute Gasteiger partial charge is 0.242 e. The number of benzene rings is 3. The standard InChI is InChI=1S/C23H20BrN5OS/c1-15-11-13-17(14-12-15)26-22(30)20(16-7-3-2-4-8-16)31-23-28-27-21(29(23)25)18-9-5-6-10-19(18)24/h2-14,20H,25H2,1H3,(H,26,30). The van der Waals surface area contributed by atoms with Gasteiger partial charge in [0.15, 0.2) is 5.82 Å². The Morgan fingerprint density at radius 1 is 1.00 bits per heavy atom. The Morgan fingerprint density at radius 3 is 2.39 bits per heavy atom. The van der Waals surface area contributed by atoms with Crippen molar-refractivity contribution in [2.75, 3.05) is 11.2 Å². The van der Waals surface area contributed by atoms with E-state index in [4.69, 9.17) is 5.84 Å². The summed E-state index contributed by atoms with van der Waals surface area (Å²) >= 11 is 4.78. The van der Waals surface area contributed by atoms with Crippen molar-refractivity contribution < 1.29 is 4.79 Å². The van der Waals surface area contributed by atoms with Crippen LogP contribution < -0.4 is 11.2 Å². The van der Waals surface area contributed by atoms with Gasteiger partial charge in [-0.3, -0.25) is 4.79 Å². The number of nitrogens with zero attached hydrogens (tertiary/aromatic N) is 3. The van der Waals surface area contributed by atoms with Crippen LogP contribution in [0.2, 0.25) is 0 Å². The number of thioether (sulfide) groups is 1. The molecule has 1 aromatic heterocycles. The molecule has 3 N–H and O–H groups in total. The number of hydrogen-bond donors (Lipinski definition) is 2. The fourth-order valence-corrected chi connectivity index (χ4v) is 4.45. The lowest BCUT2D eigenvalue weighted by Crippen LogP contribution is -2.20. The first-order valence-electron chi connectivity index (χ1n) is 9.57. The Bertz CT molecular complexity index is 1190. The van der Waals surface area contributed by atoms with E-state index in [0.29, 0.717) is 11.0 Å². The SMILES string of the molecule is Cc1ccc(NC(=O)C(Sc2nnc(-c3ccccc3Br)n2N)c2ccccc2)cc1. The molecule has 8 heteroatoms. The summed E-state index contributed by atoms with van der Waals surface area (Å²) in [5.74, 6) is 6.67. The molecule has 0 aliphatic heterocycles. The topological polar surface area (TPSA) is 85.8 Å². The Morgan fingerprint density at radius 2 is 1.68 bits per heavy atom. The summed E-state index contributed by atoms with van der Waals surface area (Å²) in [7, 11) is 0. The Hall–Kier alpha value is -3.10. The van der Waals surface area contributed by atoms with E-state index in [1.54, 1.807) is 0 Å². The van der Waals surface area contributed by atoms with Crippen LogP contribution in [0, 0.1) is 6.92 Å². The molecular weight excluding hydrogens is 474 g/mol. The minimum Gasteiger partial charge on any atom is -0.335 e. The lowest BCUT2D eigenvalue weighted by atomic mass is 10.1. The van der Waals surface area contributed by atoms with Crippen LogP contribution in [0.5, 0.6) is 0 Å². The van der Waals surface area contributed by atoms with Crippen LogP contribution in [0.25, 0.3) is 11.4 Å². The lowest BCUT2D eigenvalue weighted by Gasteiger charge is -2.16. The first-order chi connectivity index (χ1) is 15.0. The van der Waals surface area contributed by atoms with Crippen molar-refractivity contribution in [3.63, 3.8) is 0 Å². The molecule has 31 heavy (non-hydrogen) atoms. The third kappa shape index (κ3) is 4.81. The summed E-state index contributed by atoms with van der Waals surface area (Å²) in [4.78, 5) is 13.2. The van der Waals surface area contributed by atoms with Crippen LogP contribution in [-0.4, -0.2) is 20.8 Å². The third-order valence-electron chi connectivity index (χ3n) is 4.66. The fraction of sp³-hybridized carbons (Fsp3) is 0.0870. The van der Waals surface area contributed by atoms with Crippen molar-refractivity contribution >= 4 is 39.3 Å². The second-order valence-corrected chi connectivity index (χ2v) is 8.85. The number of halogens is 1. The van der Waals surface area contributed by atoms with Gasteiger partial charge in [0, 0.05) is 15.7 Å². The Labute approximate surface area is 193 Å². The molecule has 6 nitrogen and oxygen atoms in total. The first kappa shape index (κ1) is 21.1. The zero-order chi connectivity index (χ0) is 21.8. The van der Waals surface area contributed by atoms with Gasteiger partial charge in [0.2, 0.25) is 11.1 Å². The van der Waals surface area contributed by atoms with Gasteiger partial charge < -0.3 is 11.2 Å². The minimum atomic E-state index is -0.555. The molecule has 1 atom stereocenters. The molecule has 1 heterocycles. The maximum absolute atomic E-state index is 13.2. The maximum Gasteiger partial charge on any atom is 0.242 e. The molecule has 0 spiro atoms. The summed E-state index contributed by atoms with van der Waals surface area (Å²) < 4.78 is 2.28. The number of nitrogens with one attached hydrogen (secondary N) is 1. The molecule has 0 fully saturated rings. The number of hydrogen-bond acceptors (Lipinski definition) is 5. The number of nitrogens with two attached hydrogens (primary N) is 1. The van der Waals surface area contributed by atoms with Crippen LogP contribution in [-0.2, 0) is 4.79 Å². The van der Waals surface area contributed by atoms with Crippen LogP contribution in [0.4, 0.5) is 5.69 Å². The van der Waals surface area contributed by atoms with Gasteiger partial charge in [-0.1, -0.05) is 87.9 Å². The molecule has 4 rings (SSSR count). The molecule has 4 aromatic rings. The molecular formula is C23H20BrN5OS. The van der Waals surface area contributed by atoms with Crippen molar-refractivity contribution in [1.82, 2.24) is 14.9 Å². The zero-order valence-corrected chi connectivity index (χ0v) is 19.1. The van der Waals surface area contributed by atoms with E-state index in [-0.39, 0.29) is 5.91 Å². The lowest BCUT2D eigenvalue weighted by molar-refractivity contribution is -0.115. The van der Waals surface area contributed by atoms with Gasteiger partial charge in [-0.15, -0.1) is 10.2 Å². The number of amides is 1. The van der Waals surface area contributed by atoms with E-state index >= 15 is 0 Å². The number of aromatic nitrogens is 3. The predicted octanol–water partition coefficient (Wildman–Crippen LogP) is 5.20. The number of nitrogen functional groups attached to an aromatic ring is 1. The normalized spacial score (nSPS) is 11.8. The average molecular weight is 494 g/mol. The molecule has 1 unspecified atom stereocenters. The van der Waals surface area contributed by atoms with Crippen molar-refractivity contribution in [1.29, 1.82) is 0 Å². The predicted molar refractivity (Wildman–Crippen MR) is 128 cm³/mol. The summed E-state index contributed by atoms with van der Waals surface area (Å²) in [5, 5.41) is 11.4. The molecule has 156 valence electrons. The van der Waals surface area contributed by atoms with Crippen molar-refractivity contribution in [2.45, 2.75) is 17.3 Å². The molecule has 0 bridgehead atoms. The largest absolute Gasteiger partial charge is 0.335 e. The second-order valence-electron chi connectivity index (χ2n) is 6.92. The summed E-state index contributed by atoms with van der Waals surface area (Å²) in [6, 6.07) is 24.9. The van der Waals surface area contributed by atoms with Gasteiger partial charge in [0.05, 0.1) is 0 Å². The summed E-state index contributed by atoms with van der Waals surface area (Å²) in [5.41, 5.74) is 3.54. The first-order valence-corrected chi connectivity index (χ1v) is 11.2. The van der Waals surface area contributed by atoms with Crippen molar-refractivity contribution in [3.8, 4) is 11.4 Å². The van der Waals surface area contributed by atoms with Crippen LogP contribution in [0.15, 0.2) is 88.5 Å². The third-order valence-corrected chi connectivity index (χ3v) is 6.56. The number of carbonyl (C=O) groups is 1. The highest BCUT2D eigenvalue weighted by Gasteiger charge is 2.26. The molecule has 0 aliphatic carbocycles. The molecule has 3 aromatic carbocycles. The van der Waals surface area contributed by atoms with Crippen LogP contribution in [0.3, 0.4) is 0 Å². The van der Waals surface area contributed by atoms with E-state index in [0.717, 1.165) is 26.9 Å². The van der Waals surface area contributed by atoms with E-state index in [1.165, 1.54) is 16.4 Å². The van der Waals surface area contributed by atoms with Crippen LogP contribution in [0.1, 0.15) is 16.4 Å². The molecule has 0 radical (unpaired) electrons. The highest BCUT2D eigenvalue weighted by Crippen LogP contribution is 2.36. The average Bonchev–Trinajstić information content (AvgIpc) is 3.14. The van der Waals surface area contributed by atoms with E-state index in [9.17, 15) is 4.79 Å². The Balaban J connectivity index is 1.64. The highest BCUT2D eigenvalue weighted by atomic mass is 79.9. The molecule has 0 aliphatic rings. The second kappa shape index (κ2) is 9.36. The van der Waals surface area contributed by atoms with Gasteiger partial charge in [0.1, 0.15) is 5.25 Å². The summed E-state index contributed by atoms with van der Waals surface area (Å²) in [6.45, 7) is 2.00. The molecule has 0 saturated carbocycles. The number of rotatable bonds is 6. The molecule has 0 saturated heterocycles. The highest BCUT2D eigenvalue weighted by molar-refractivity contribution is 9.10. The number of anilines is 1. The van der Waals surface area contributed by atoms with Crippen molar-refractivity contribution in [3.05, 3.63) is 94.5 Å². The van der Waals surface area contributed by atoms with Gasteiger partial charge in [0.25, 0.3) is 0 Å². The Kier molecular flexibility index (Phi) is 6.39. The van der Waals surface area contributed by atoms with Gasteiger partial charge in [-0.2, -0.15) is 0 Å². The van der Waals surface area contributed by atoms with E-state index in [1.807, 2.05) is 85.8 Å². The molecule has 1 amide bonds. The maximum atomic E-state index is 13.2. The number of carbonyl (C=O) groups excluding carboxylic acids is 1. The minimum absolute atomic E-state index is 0.162. The quantitative estimate of drug-likeness (QED) is 0.284. The van der Waals surface area contributed by atoms with E-state index in [2.05, 4.69) is 31.4 Å². The van der Waals surface area contributed by atoms with Gasteiger partial charge >= 0.3 is 0 Å². The monoisotopic (exact) mass is 493 g/mol. The fourth-order valence-electron chi connectivity index (χ4n) is 3.03. The van der Waals surface area contributed by atoms with Crippen molar-refractivity contribution in [2.24, 2.45) is 0 Å². The van der Waals surface area contributed by atoms with E-state index < -0.39 is 5.25 Å². The van der Waals surface area contributed by atoms with Gasteiger partial charge in [-0.05, 0) is 36.8 Å². The van der Waals surface area contributed by atoms with Crippen LogP contribution >= 0.6 is 27.7 Å². The number of aryl methyl sites for hydroxylation is 1. The zero-order valence-electron chi connectivity index (χ0n) is 16.7. The van der Waals surface area contributed by atoms with Gasteiger partial charge in [-0.25, -0.2) is 4.68 Å².